The lowest BCUT2D eigenvalue weighted by Gasteiger charge is -2.02. The molecule has 1 aliphatic heterocycles. The van der Waals surface area contributed by atoms with Crippen molar-refractivity contribution in [1.82, 2.24) is 0 Å². The summed E-state index contributed by atoms with van der Waals surface area (Å²) in [6.45, 7) is 0. The lowest BCUT2D eigenvalue weighted by atomic mass is 10.1. The zero-order chi connectivity index (χ0) is 11.1. The van der Waals surface area contributed by atoms with Crippen molar-refractivity contribution < 1.29 is 8.42 Å². The highest BCUT2D eigenvalue weighted by molar-refractivity contribution is 9.10. The van der Waals surface area contributed by atoms with E-state index in [9.17, 15) is 8.42 Å². The van der Waals surface area contributed by atoms with E-state index in [1.54, 1.807) is 0 Å². The van der Waals surface area contributed by atoms with Gasteiger partial charge in [-0.25, -0.2) is 8.42 Å². The van der Waals surface area contributed by atoms with Gasteiger partial charge >= 0.3 is 0 Å². The maximum absolute atomic E-state index is 11.2. The van der Waals surface area contributed by atoms with Crippen LogP contribution in [0.2, 0.25) is 0 Å². The summed E-state index contributed by atoms with van der Waals surface area (Å²) in [6.07, 6.45) is 0. The van der Waals surface area contributed by atoms with Gasteiger partial charge in [0.2, 0.25) is 0 Å². The first kappa shape index (κ1) is 10.4. The summed E-state index contributed by atoms with van der Waals surface area (Å²) in [4.78, 5) is 0. The van der Waals surface area contributed by atoms with Crippen molar-refractivity contribution >= 4 is 31.3 Å². The van der Waals surface area contributed by atoms with Gasteiger partial charge in [-0.3, -0.25) is 0 Å². The van der Waals surface area contributed by atoms with E-state index in [-0.39, 0.29) is 5.70 Å². The first-order valence-electron chi connectivity index (χ1n) is 4.18. The first-order valence-corrected chi connectivity index (χ1v) is 6.58. The minimum Gasteiger partial charge on any atom is -0.398 e. The molecule has 0 amide bonds. The van der Waals surface area contributed by atoms with Gasteiger partial charge in [0.1, 0.15) is 0 Å². The Balaban J connectivity index is 2.51. The van der Waals surface area contributed by atoms with Gasteiger partial charge in [-0.15, -0.1) is 0 Å². The molecule has 1 aliphatic rings. The van der Waals surface area contributed by atoms with Crippen molar-refractivity contribution in [2.45, 2.75) is 0 Å². The van der Waals surface area contributed by atoms with Gasteiger partial charge in [0.05, 0.1) is 11.1 Å². The monoisotopic (exact) mass is 285 g/mol. The van der Waals surface area contributed by atoms with Crippen LogP contribution in [0, 0.1) is 0 Å². The quantitative estimate of drug-likeness (QED) is 0.859. The molecule has 0 fully saturated rings. The van der Waals surface area contributed by atoms with E-state index < -0.39 is 9.84 Å². The second kappa shape index (κ2) is 3.50. The van der Waals surface area contributed by atoms with Crippen molar-refractivity contribution in [2.24, 2.45) is 5.73 Å². The Morgan fingerprint density at radius 1 is 1.07 bits per heavy atom. The summed E-state index contributed by atoms with van der Waals surface area (Å²) >= 11 is 3.31. The molecule has 5 heteroatoms. The molecule has 1 aromatic carbocycles. The zero-order valence-electron chi connectivity index (χ0n) is 7.64. The molecule has 0 atom stereocenters. The molecular weight excluding hydrogens is 278 g/mol. The number of nitrogens with two attached hydrogens (primary N) is 1. The van der Waals surface area contributed by atoms with Gasteiger partial charge in [0.25, 0.3) is 0 Å². The Bertz CT molecular complexity index is 556. The molecule has 1 aromatic rings. The van der Waals surface area contributed by atoms with E-state index in [1.807, 2.05) is 24.3 Å². The van der Waals surface area contributed by atoms with E-state index in [0.717, 1.165) is 15.4 Å². The Morgan fingerprint density at radius 3 is 2.13 bits per heavy atom. The predicted octanol–water partition coefficient (Wildman–Crippen LogP) is 2.02. The fourth-order valence-electron chi connectivity index (χ4n) is 1.37. The topological polar surface area (TPSA) is 60.2 Å². The molecule has 0 bridgehead atoms. The Morgan fingerprint density at radius 2 is 1.67 bits per heavy atom. The molecule has 2 rings (SSSR count). The largest absolute Gasteiger partial charge is 0.398 e. The molecule has 15 heavy (non-hydrogen) atoms. The highest BCUT2D eigenvalue weighted by Gasteiger charge is 2.18. The second-order valence-electron chi connectivity index (χ2n) is 3.20. The average Bonchev–Trinajstić information content (AvgIpc) is 2.41. The normalized spacial score (nSPS) is 18.5. The van der Waals surface area contributed by atoms with Crippen LogP contribution < -0.4 is 5.73 Å². The molecule has 0 aromatic heterocycles. The average molecular weight is 286 g/mol. The fraction of sp³-hybridized carbons (Fsp3) is 0. The van der Waals surface area contributed by atoms with Crippen molar-refractivity contribution in [1.29, 1.82) is 0 Å². The summed E-state index contributed by atoms with van der Waals surface area (Å²) in [5, 5.41) is 2.26. The first-order chi connectivity index (χ1) is 6.98. The summed E-state index contributed by atoms with van der Waals surface area (Å²) in [5.74, 6) is 0. The molecule has 0 saturated heterocycles. The van der Waals surface area contributed by atoms with E-state index in [4.69, 9.17) is 5.73 Å². The van der Waals surface area contributed by atoms with Crippen molar-refractivity contribution in [3.05, 3.63) is 50.8 Å². The molecule has 3 nitrogen and oxygen atoms in total. The number of sulfone groups is 1. The third kappa shape index (κ3) is 2.13. The number of allylic oxidation sites excluding steroid dienone is 1. The van der Waals surface area contributed by atoms with Gasteiger partial charge in [-0.05, 0) is 17.7 Å². The SMILES string of the molecule is NC1=CS(=O)(=O)C=C1c1ccc(Br)cc1. The van der Waals surface area contributed by atoms with Crippen LogP contribution in [0.3, 0.4) is 0 Å². The zero-order valence-corrected chi connectivity index (χ0v) is 10.0. The van der Waals surface area contributed by atoms with Gasteiger partial charge < -0.3 is 5.73 Å². The van der Waals surface area contributed by atoms with Gasteiger partial charge in [-0.2, -0.15) is 0 Å². The molecule has 0 spiro atoms. The predicted molar refractivity (Wildman–Crippen MR) is 63.3 cm³/mol. The molecule has 0 aliphatic carbocycles. The van der Waals surface area contributed by atoms with Crippen LogP contribution in [0.5, 0.6) is 0 Å². The summed E-state index contributed by atoms with van der Waals surface area (Å²) in [6, 6.07) is 7.32. The van der Waals surface area contributed by atoms with E-state index in [1.165, 1.54) is 5.41 Å². The molecule has 78 valence electrons. The molecular formula is C10H8BrNO2S. The smallest absolute Gasteiger partial charge is 0.195 e. The number of halogens is 1. The standard InChI is InChI=1S/C10H8BrNO2S/c11-8-3-1-7(2-4-8)9-5-15(13,14)6-10(9)12/h1-6H,12H2. The van der Waals surface area contributed by atoms with Crippen LogP contribution in [-0.2, 0) is 9.84 Å². The maximum atomic E-state index is 11.2. The van der Waals surface area contributed by atoms with Crippen LogP contribution >= 0.6 is 15.9 Å². The van der Waals surface area contributed by atoms with E-state index in [0.29, 0.717) is 5.57 Å². The number of rotatable bonds is 1. The van der Waals surface area contributed by atoms with E-state index >= 15 is 0 Å². The minimum absolute atomic E-state index is 0.289. The number of benzene rings is 1. The van der Waals surface area contributed by atoms with Gasteiger partial charge in [0, 0.05) is 15.5 Å². The molecule has 0 saturated carbocycles. The fourth-order valence-corrected chi connectivity index (χ4v) is 2.78. The van der Waals surface area contributed by atoms with E-state index in [2.05, 4.69) is 15.9 Å². The van der Waals surface area contributed by atoms with Crippen LogP contribution in [-0.4, -0.2) is 8.42 Å². The summed E-state index contributed by atoms with van der Waals surface area (Å²) in [7, 11) is -3.26. The summed E-state index contributed by atoms with van der Waals surface area (Å²) in [5.41, 5.74) is 7.27. The van der Waals surface area contributed by atoms with Gasteiger partial charge in [0.15, 0.2) is 9.84 Å². The molecule has 2 N–H and O–H groups in total. The second-order valence-corrected chi connectivity index (χ2v) is 5.77. The Hall–Kier alpha value is -1.07. The lowest BCUT2D eigenvalue weighted by Crippen LogP contribution is -1.97. The minimum atomic E-state index is -3.26. The van der Waals surface area contributed by atoms with Crippen molar-refractivity contribution in [3.63, 3.8) is 0 Å². The van der Waals surface area contributed by atoms with Crippen LogP contribution in [0.25, 0.3) is 5.57 Å². The molecule has 0 radical (unpaired) electrons. The highest BCUT2D eigenvalue weighted by atomic mass is 79.9. The molecule has 0 unspecified atom stereocenters. The highest BCUT2D eigenvalue weighted by Crippen LogP contribution is 2.28. The number of hydrogen-bond donors (Lipinski definition) is 1. The Labute approximate surface area is 96.3 Å². The Kier molecular flexibility index (Phi) is 2.44. The third-order valence-electron chi connectivity index (χ3n) is 2.04. The van der Waals surface area contributed by atoms with Gasteiger partial charge in [-0.1, -0.05) is 28.1 Å². The van der Waals surface area contributed by atoms with Crippen molar-refractivity contribution in [2.75, 3.05) is 0 Å². The van der Waals surface area contributed by atoms with Crippen molar-refractivity contribution in [3.8, 4) is 0 Å². The molecule has 1 heterocycles. The summed E-state index contributed by atoms with van der Waals surface area (Å²) < 4.78 is 23.4. The van der Waals surface area contributed by atoms with Crippen LogP contribution in [0.1, 0.15) is 5.56 Å². The lowest BCUT2D eigenvalue weighted by molar-refractivity contribution is 0.613. The number of hydrogen-bond acceptors (Lipinski definition) is 3. The maximum Gasteiger partial charge on any atom is 0.195 e. The third-order valence-corrected chi connectivity index (χ3v) is 3.71. The van der Waals surface area contributed by atoms with Crippen LogP contribution in [0.4, 0.5) is 0 Å². The van der Waals surface area contributed by atoms with Crippen LogP contribution in [0.15, 0.2) is 45.3 Å².